The fourth-order valence-corrected chi connectivity index (χ4v) is 2.29. The Balaban J connectivity index is 2.15. The highest BCUT2D eigenvalue weighted by Crippen LogP contribution is 2.16. The summed E-state index contributed by atoms with van der Waals surface area (Å²) in [6, 6.07) is 8.28. The van der Waals surface area contributed by atoms with Crippen LogP contribution in [0.3, 0.4) is 0 Å². The Morgan fingerprint density at radius 2 is 1.55 bits per heavy atom. The molecule has 1 atom stereocenters. The van der Waals surface area contributed by atoms with Crippen LogP contribution in [0.4, 0.5) is 0 Å². The number of unbranched alkanes of at least 4 members (excludes halogenated alkanes) is 6. The Kier molecular flexibility index (Phi) is 9.14. The van der Waals surface area contributed by atoms with Crippen molar-refractivity contribution in [2.75, 3.05) is 6.61 Å². The van der Waals surface area contributed by atoms with E-state index in [2.05, 4.69) is 19.1 Å². The van der Waals surface area contributed by atoms with Crippen LogP contribution < -0.4 is 4.74 Å². The minimum absolute atomic E-state index is 0.0553. The van der Waals surface area contributed by atoms with Crippen molar-refractivity contribution in [3.05, 3.63) is 29.8 Å². The van der Waals surface area contributed by atoms with Gasteiger partial charge in [0.1, 0.15) is 11.9 Å². The lowest BCUT2D eigenvalue weighted by atomic mass is 10.0. The second kappa shape index (κ2) is 10.7. The molecule has 1 N–H and O–H groups in total. The van der Waals surface area contributed by atoms with E-state index in [1.165, 1.54) is 50.5 Å². The summed E-state index contributed by atoms with van der Waals surface area (Å²) in [5.41, 5.74) is 1.38. The number of ether oxygens (including phenoxy) is 1. The van der Waals surface area contributed by atoms with Gasteiger partial charge in [0.25, 0.3) is 0 Å². The van der Waals surface area contributed by atoms with Crippen LogP contribution in [-0.4, -0.2) is 17.8 Å². The number of hydrogen-bond donors (Lipinski definition) is 1. The first-order chi connectivity index (χ1) is 9.76. The minimum Gasteiger partial charge on any atom is -0.488 e. The van der Waals surface area contributed by atoms with E-state index in [1.54, 1.807) is 0 Å². The van der Waals surface area contributed by atoms with E-state index in [-0.39, 0.29) is 12.7 Å². The van der Waals surface area contributed by atoms with Crippen molar-refractivity contribution in [1.82, 2.24) is 0 Å². The predicted molar refractivity (Wildman–Crippen MR) is 85.3 cm³/mol. The monoisotopic (exact) mass is 278 g/mol. The molecule has 0 heterocycles. The van der Waals surface area contributed by atoms with Crippen LogP contribution in [0.25, 0.3) is 0 Å². The van der Waals surface area contributed by atoms with E-state index < -0.39 is 0 Å². The number of benzene rings is 1. The molecule has 0 saturated heterocycles. The van der Waals surface area contributed by atoms with Gasteiger partial charge in [-0.25, -0.2) is 0 Å². The molecule has 0 spiro atoms. The molecule has 20 heavy (non-hydrogen) atoms. The first kappa shape index (κ1) is 17.0. The van der Waals surface area contributed by atoms with Gasteiger partial charge < -0.3 is 9.84 Å². The number of aliphatic hydroxyl groups excluding tert-OH is 1. The number of aliphatic hydroxyl groups is 1. The van der Waals surface area contributed by atoms with Crippen molar-refractivity contribution in [2.45, 2.75) is 71.3 Å². The Hall–Kier alpha value is -1.02. The van der Waals surface area contributed by atoms with Crippen LogP contribution >= 0.6 is 0 Å². The zero-order valence-corrected chi connectivity index (χ0v) is 13.1. The summed E-state index contributed by atoms with van der Waals surface area (Å²) in [6.07, 6.45) is 10.5. The normalized spacial score (nSPS) is 12.3. The summed E-state index contributed by atoms with van der Waals surface area (Å²) in [7, 11) is 0. The lowest BCUT2D eigenvalue weighted by Gasteiger charge is -2.12. The van der Waals surface area contributed by atoms with Crippen molar-refractivity contribution in [1.29, 1.82) is 0 Å². The van der Waals surface area contributed by atoms with E-state index in [1.807, 2.05) is 19.1 Å². The van der Waals surface area contributed by atoms with E-state index >= 15 is 0 Å². The molecule has 2 heteroatoms. The average Bonchev–Trinajstić information content (AvgIpc) is 2.48. The molecule has 0 aliphatic heterocycles. The largest absolute Gasteiger partial charge is 0.488 e. The fourth-order valence-electron chi connectivity index (χ4n) is 2.29. The molecular weight excluding hydrogens is 248 g/mol. The second-order valence-electron chi connectivity index (χ2n) is 5.63. The van der Waals surface area contributed by atoms with Crippen LogP contribution in [0.2, 0.25) is 0 Å². The third-order valence-corrected chi connectivity index (χ3v) is 3.59. The Morgan fingerprint density at radius 1 is 0.950 bits per heavy atom. The smallest absolute Gasteiger partial charge is 0.119 e. The summed E-state index contributed by atoms with van der Waals surface area (Å²) in [4.78, 5) is 0. The number of aryl methyl sites for hydroxylation is 1. The van der Waals surface area contributed by atoms with Gasteiger partial charge in [-0.05, 0) is 37.5 Å². The predicted octanol–water partition coefficient (Wildman–Crippen LogP) is 4.74. The van der Waals surface area contributed by atoms with Crippen LogP contribution in [0, 0.1) is 0 Å². The molecule has 2 nitrogen and oxygen atoms in total. The van der Waals surface area contributed by atoms with Crippen molar-refractivity contribution in [2.24, 2.45) is 0 Å². The number of rotatable bonds is 11. The molecule has 0 aliphatic carbocycles. The molecule has 0 bridgehead atoms. The molecule has 0 aliphatic rings. The van der Waals surface area contributed by atoms with Gasteiger partial charge >= 0.3 is 0 Å². The maximum absolute atomic E-state index is 8.95. The first-order valence-electron chi connectivity index (χ1n) is 8.12. The van der Waals surface area contributed by atoms with Crippen molar-refractivity contribution in [3.8, 4) is 5.75 Å². The molecule has 0 saturated carbocycles. The van der Waals surface area contributed by atoms with Gasteiger partial charge in [0, 0.05) is 0 Å². The van der Waals surface area contributed by atoms with Crippen molar-refractivity contribution >= 4 is 0 Å². The average molecular weight is 278 g/mol. The van der Waals surface area contributed by atoms with Gasteiger partial charge in [0.2, 0.25) is 0 Å². The van der Waals surface area contributed by atoms with Crippen molar-refractivity contribution < 1.29 is 9.84 Å². The summed E-state index contributed by atoms with van der Waals surface area (Å²) < 4.78 is 5.55. The van der Waals surface area contributed by atoms with Crippen LogP contribution in [0.15, 0.2) is 24.3 Å². The van der Waals surface area contributed by atoms with Gasteiger partial charge in [-0.1, -0.05) is 57.6 Å². The molecule has 1 rings (SSSR count). The van der Waals surface area contributed by atoms with Gasteiger partial charge in [0.05, 0.1) is 6.61 Å². The van der Waals surface area contributed by atoms with Gasteiger partial charge in [-0.2, -0.15) is 0 Å². The summed E-state index contributed by atoms with van der Waals surface area (Å²) >= 11 is 0. The standard InChI is InChI=1S/C18H30O2/c1-3-4-5-6-7-8-9-10-17-11-13-18(14-12-17)20-16(2)15-19/h11-14,16,19H,3-10,15H2,1-2H3. The van der Waals surface area contributed by atoms with Crippen LogP contribution in [0.1, 0.15) is 64.4 Å². The highest BCUT2D eigenvalue weighted by Gasteiger charge is 2.01. The van der Waals surface area contributed by atoms with Gasteiger partial charge in [0.15, 0.2) is 0 Å². The third-order valence-electron chi connectivity index (χ3n) is 3.59. The highest BCUT2D eigenvalue weighted by atomic mass is 16.5. The van der Waals surface area contributed by atoms with E-state index in [4.69, 9.17) is 9.84 Å². The molecule has 0 amide bonds. The summed E-state index contributed by atoms with van der Waals surface area (Å²) in [6.45, 7) is 4.18. The van der Waals surface area contributed by atoms with Gasteiger partial charge in [-0.15, -0.1) is 0 Å². The first-order valence-corrected chi connectivity index (χ1v) is 8.12. The molecular formula is C18H30O2. The van der Waals surface area contributed by atoms with Crippen LogP contribution in [0.5, 0.6) is 5.75 Å². The quantitative estimate of drug-likeness (QED) is 0.592. The molecule has 0 radical (unpaired) electrons. The zero-order valence-electron chi connectivity index (χ0n) is 13.1. The second-order valence-corrected chi connectivity index (χ2v) is 5.63. The minimum atomic E-state index is -0.135. The van der Waals surface area contributed by atoms with E-state index in [0.717, 1.165) is 12.2 Å². The lowest BCUT2D eigenvalue weighted by molar-refractivity contribution is 0.129. The van der Waals surface area contributed by atoms with E-state index in [0.29, 0.717) is 0 Å². The maximum atomic E-state index is 8.95. The molecule has 0 aromatic heterocycles. The highest BCUT2D eigenvalue weighted by molar-refractivity contribution is 5.27. The molecule has 1 aromatic carbocycles. The lowest BCUT2D eigenvalue weighted by Crippen LogP contribution is -2.16. The zero-order chi connectivity index (χ0) is 14.6. The van der Waals surface area contributed by atoms with Gasteiger partial charge in [-0.3, -0.25) is 0 Å². The topological polar surface area (TPSA) is 29.5 Å². The molecule has 114 valence electrons. The fraction of sp³-hybridized carbons (Fsp3) is 0.667. The molecule has 1 unspecified atom stereocenters. The summed E-state index contributed by atoms with van der Waals surface area (Å²) in [5.74, 6) is 0.842. The third kappa shape index (κ3) is 7.54. The number of hydrogen-bond acceptors (Lipinski definition) is 2. The Labute approximate surface area is 124 Å². The summed E-state index contributed by atoms with van der Waals surface area (Å²) in [5, 5.41) is 8.95. The maximum Gasteiger partial charge on any atom is 0.119 e. The Morgan fingerprint density at radius 3 is 2.15 bits per heavy atom. The van der Waals surface area contributed by atoms with Crippen LogP contribution in [-0.2, 0) is 6.42 Å². The molecule has 0 fully saturated rings. The Bertz CT molecular complexity index is 332. The van der Waals surface area contributed by atoms with E-state index in [9.17, 15) is 0 Å². The SMILES string of the molecule is CCCCCCCCCc1ccc(OC(C)CO)cc1. The molecule has 1 aromatic rings. The van der Waals surface area contributed by atoms with Crippen molar-refractivity contribution in [3.63, 3.8) is 0 Å².